The Bertz CT molecular complexity index is 589. The van der Waals surface area contributed by atoms with Crippen molar-refractivity contribution in [2.24, 2.45) is 5.41 Å². The Morgan fingerprint density at radius 3 is 2.85 bits per heavy atom. The molecule has 2 aliphatic rings. The lowest BCUT2D eigenvalue weighted by Gasteiger charge is -2.26. The maximum absolute atomic E-state index is 13.4. The molecule has 0 saturated carbocycles. The molecule has 0 radical (unpaired) electrons. The first-order valence-corrected chi connectivity index (χ1v) is 6.78. The molecule has 0 aromatic heterocycles. The van der Waals surface area contributed by atoms with Gasteiger partial charge in [0.05, 0.1) is 6.04 Å². The highest BCUT2D eigenvalue weighted by molar-refractivity contribution is 6.06. The predicted molar refractivity (Wildman–Crippen MR) is 71.0 cm³/mol. The first-order valence-electron chi connectivity index (χ1n) is 6.78. The molecule has 1 aromatic rings. The average molecular weight is 276 g/mol. The third kappa shape index (κ3) is 1.77. The van der Waals surface area contributed by atoms with E-state index in [1.54, 1.807) is 18.0 Å². The molecule has 5 heteroatoms. The Balaban J connectivity index is 1.95. The van der Waals surface area contributed by atoms with Crippen molar-refractivity contribution in [3.8, 4) is 0 Å². The number of nitrogens with zero attached hydrogens (tertiary/aromatic N) is 2. The Morgan fingerprint density at radius 1 is 1.45 bits per heavy atom. The van der Waals surface area contributed by atoms with Gasteiger partial charge >= 0.3 is 0 Å². The lowest BCUT2D eigenvalue weighted by atomic mass is 9.85. The maximum Gasteiger partial charge on any atom is 0.252 e. The summed E-state index contributed by atoms with van der Waals surface area (Å²) in [6, 6.07) is 6.16. The van der Waals surface area contributed by atoms with Crippen LogP contribution in [0.5, 0.6) is 0 Å². The molecule has 1 amide bonds. The molecule has 106 valence electrons. The Kier molecular flexibility index (Phi) is 2.90. The number of Topliss-reactive ketones (excluding diaryl/α,β-unsaturated/α-hetero) is 1. The summed E-state index contributed by atoms with van der Waals surface area (Å²) < 4.78 is 13.4. The predicted octanol–water partition coefficient (Wildman–Crippen LogP) is 1.93. The van der Waals surface area contributed by atoms with Crippen molar-refractivity contribution in [1.82, 2.24) is 10.0 Å². The summed E-state index contributed by atoms with van der Waals surface area (Å²) in [5, 5.41) is 3.56. The van der Waals surface area contributed by atoms with Gasteiger partial charge in [-0.15, -0.1) is 0 Å². The van der Waals surface area contributed by atoms with Gasteiger partial charge in [-0.2, -0.15) is 0 Å². The van der Waals surface area contributed by atoms with Crippen LogP contribution in [0.1, 0.15) is 31.9 Å². The third-order valence-electron chi connectivity index (χ3n) is 4.45. The lowest BCUT2D eigenvalue weighted by molar-refractivity contribution is -0.146. The van der Waals surface area contributed by atoms with Gasteiger partial charge in [0.15, 0.2) is 0 Å². The van der Waals surface area contributed by atoms with Gasteiger partial charge in [-0.1, -0.05) is 12.1 Å². The topological polar surface area (TPSA) is 40.6 Å². The normalized spacial score (nSPS) is 29.9. The SMILES string of the molecule is CC(=O)C1(C)CN2CCC(c3cccc(F)c3)N2C1=O. The fourth-order valence-corrected chi connectivity index (χ4v) is 3.09. The molecular weight excluding hydrogens is 259 g/mol. The molecule has 2 aliphatic heterocycles. The average Bonchev–Trinajstić information content (AvgIpc) is 2.90. The van der Waals surface area contributed by atoms with Crippen molar-refractivity contribution >= 4 is 11.7 Å². The summed E-state index contributed by atoms with van der Waals surface area (Å²) in [6.45, 7) is 4.29. The minimum atomic E-state index is -0.966. The van der Waals surface area contributed by atoms with Crippen molar-refractivity contribution in [3.05, 3.63) is 35.6 Å². The van der Waals surface area contributed by atoms with Crippen LogP contribution in [0.15, 0.2) is 24.3 Å². The number of amides is 1. The molecule has 2 atom stereocenters. The summed E-state index contributed by atoms with van der Waals surface area (Å²) in [4.78, 5) is 24.4. The second kappa shape index (κ2) is 4.38. The van der Waals surface area contributed by atoms with E-state index in [1.165, 1.54) is 19.1 Å². The van der Waals surface area contributed by atoms with Gasteiger partial charge in [0, 0.05) is 13.1 Å². The molecule has 20 heavy (non-hydrogen) atoms. The Labute approximate surface area is 117 Å². The minimum Gasteiger partial charge on any atom is -0.299 e. The van der Waals surface area contributed by atoms with E-state index in [9.17, 15) is 14.0 Å². The van der Waals surface area contributed by atoms with Crippen molar-refractivity contribution in [3.63, 3.8) is 0 Å². The molecule has 4 nitrogen and oxygen atoms in total. The second-order valence-corrected chi connectivity index (χ2v) is 5.79. The summed E-state index contributed by atoms with van der Waals surface area (Å²) in [6.07, 6.45) is 0.767. The molecule has 2 heterocycles. The van der Waals surface area contributed by atoms with E-state index in [2.05, 4.69) is 0 Å². The van der Waals surface area contributed by atoms with Gasteiger partial charge < -0.3 is 0 Å². The monoisotopic (exact) mass is 276 g/mol. The van der Waals surface area contributed by atoms with E-state index in [4.69, 9.17) is 0 Å². The Morgan fingerprint density at radius 2 is 2.20 bits per heavy atom. The van der Waals surface area contributed by atoms with Crippen LogP contribution >= 0.6 is 0 Å². The van der Waals surface area contributed by atoms with Gasteiger partial charge in [0.2, 0.25) is 0 Å². The van der Waals surface area contributed by atoms with Crippen LogP contribution in [0, 0.1) is 11.2 Å². The fraction of sp³-hybridized carbons (Fsp3) is 0.467. The molecule has 0 bridgehead atoms. The number of halogens is 1. The smallest absolute Gasteiger partial charge is 0.252 e. The van der Waals surface area contributed by atoms with Crippen LogP contribution < -0.4 is 0 Å². The number of carbonyl (C=O) groups excluding carboxylic acids is 2. The number of fused-ring (bicyclic) bond motifs is 1. The van der Waals surface area contributed by atoms with Crippen LogP contribution in [-0.2, 0) is 9.59 Å². The van der Waals surface area contributed by atoms with Crippen molar-refractivity contribution < 1.29 is 14.0 Å². The van der Waals surface area contributed by atoms with Crippen LogP contribution in [0.3, 0.4) is 0 Å². The summed E-state index contributed by atoms with van der Waals surface area (Å²) in [7, 11) is 0. The lowest BCUT2D eigenvalue weighted by Crippen LogP contribution is -2.39. The van der Waals surface area contributed by atoms with E-state index in [-0.39, 0.29) is 23.5 Å². The molecule has 1 aromatic carbocycles. The van der Waals surface area contributed by atoms with Gasteiger partial charge in [-0.3, -0.25) is 14.6 Å². The zero-order chi connectivity index (χ0) is 14.5. The fourth-order valence-electron chi connectivity index (χ4n) is 3.09. The molecular formula is C15H17FN2O2. The van der Waals surface area contributed by atoms with E-state index < -0.39 is 5.41 Å². The molecule has 0 aliphatic carbocycles. The van der Waals surface area contributed by atoms with Gasteiger partial charge in [-0.05, 0) is 38.0 Å². The highest BCUT2D eigenvalue weighted by Gasteiger charge is 2.55. The van der Waals surface area contributed by atoms with Crippen LogP contribution in [0.4, 0.5) is 4.39 Å². The summed E-state index contributed by atoms with van der Waals surface area (Å²) >= 11 is 0. The van der Waals surface area contributed by atoms with Gasteiger partial charge in [-0.25, -0.2) is 9.40 Å². The zero-order valence-corrected chi connectivity index (χ0v) is 11.6. The maximum atomic E-state index is 13.4. The van der Waals surface area contributed by atoms with E-state index in [1.807, 2.05) is 11.1 Å². The largest absolute Gasteiger partial charge is 0.299 e. The molecule has 0 N–H and O–H groups in total. The second-order valence-electron chi connectivity index (χ2n) is 5.79. The third-order valence-corrected chi connectivity index (χ3v) is 4.45. The van der Waals surface area contributed by atoms with E-state index in [0.717, 1.165) is 18.5 Å². The number of hydrogen-bond donors (Lipinski definition) is 0. The summed E-state index contributed by atoms with van der Waals surface area (Å²) in [5.74, 6) is -0.589. The van der Waals surface area contributed by atoms with Crippen molar-refractivity contribution in [1.29, 1.82) is 0 Å². The number of ketones is 1. The number of rotatable bonds is 2. The molecule has 3 rings (SSSR count). The van der Waals surface area contributed by atoms with E-state index in [0.29, 0.717) is 6.54 Å². The minimum absolute atomic E-state index is 0.116. The van der Waals surface area contributed by atoms with Crippen LogP contribution in [0.2, 0.25) is 0 Å². The standard InChI is InChI=1S/C15H17FN2O2/c1-10(19)15(2)9-17-7-6-13(18(17)14(15)20)11-4-3-5-12(16)8-11/h3-5,8,13H,6-7,9H2,1-2H3. The van der Waals surface area contributed by atoms with Gasteiger partial charge in [0.1, 0.15) is 17.0 Å². The number of hydrogen-bond acceptors (Lipinski definition) is 3. The molecule has 2 fully saturated rings. The zero-order valence-electron chi connectivity index (χ0n) is 11.6. The number of hydrazine groups is 1. The first kappa shape index (κ1) is 13.2. The highest BCUT2D eigenvalue weighted by atomic mass is 19.1. The van der Waals surface area contributed by atoms with Crippen LogP contribution in [0.25, 0.3) is 0 Å². The molecule has 2 unspecified atom stereocenters. The van der Waals surface area contributed by atoms with Gasteiger partial charge in [0.25, 0.3) is 5.91 Å². The summed E-state index contributed by atoms with van der Waals surface area (Å²) in [5.41, 5.74) is -0.180. The number of carbonyl (C=O) groups is 2. The van der Waals surface area contributed by atoms with Crippen molar-refractivity contribution in [2.75, 3.05) is 13.1 Å². The first-order chi connectivity index (χ1) is 9.43. The van der Waals surface area contributed by atoms with Crippen LogP contribution in [-0.4, -0.2) is 34.8 Å². The van der Waals surface area contributed by atoms with E-state index >= 15 is 0 Å². The molecule has 2 saturated heterocycles. The number of benzene rings is 1. The highest BCUT2D eigenvalue weighted by Crippen LogP contribution is 2.42. The Hall–Kier alpha value is -1.75. The van der Waals surface area contributed by atoms with Crippen molar-refractivity contribution in [2.45, 2.75) is 26.3 Å². The molecule has 0 spiro atoms. The quantitative estimate of drug-likeness (QED) is 0.775.